The van der Waals surface area contributed by atoms with Crippen LogP contribution in [0.3, 0.4) is 0 Å². The fraction of sp³-hybridized carbons (Fsp3) is 1.00. The molecule has 1 atom stereocenters. The Morgan fingerprint density at radius 3 is 2.89 bits per heavy atom. The highest BCUT2D eigenvalue weighted by Gasteiger charge is 2.39. The summed E-state index contributed by atoms with van der Waals surface area (Å²) < 4.78 is 11.6. The molecule has 3 nitrogen and oxygen atoms in total. The van der Waals surface area contributed by atoms with Crippen LogP contribution in [-0.2, 0) is 9.47 Å². The molecule has 0 aromatic rings. The highest BCUT2D eigenvalue weighted by atomic mass is 16.5. The van der Waals surface area contributed by atoms with Crippen molar-refractivity contribution in [2.45, 2.75) is 69.9 Å². The lowest BCUT2D eigenvalue weighted by Gasteiger charge is -2.38. The molecule has 3 heteroatoms. The Hall–Kier alpha value is -0.120. The monoisotopic (exact) mass is 255 g/mol. The standard InChI is InChI=1S/C15H29NO2/c1-2-10-17-11-5-9-16-14-6-12-18-15(13-14)7-3-4-8-15/h14,16H,2-13H2,1H3. The summed E-state index contributed by atoms with van der Waals surface area (Å²) >= 11 is 0. The van der Waals surface area contributed by atoms with Crippen LogP contribution < -0.4 is 5.32 Å². The van der Waals surface area contributed by atoms with Gasteiger partial charge in [0.05, 0.1) is 5.60 Å². The average Bonchev–Trinajstić information content (AvgIpc) is 2.82. The smallest absolute Gasteiger partial charge is 0.0697 e. The molecule has 2 aliphatic rings. The van der Waals surface area contributed by atoms with Crippen LogP contribution in [0, 0.1) is 0 Å². The molecule has 1 heterocycles. The quantitative estimate of drug-likeness (QED) is 0.710. The van der Waals surface area contributed by atoms with Gasteiger partial charge in [-0.2, -0.15) is 0 Å². The summed E-state index contributed by atoms with van der Waals surface area (Å²) in [5, 5.41) is 3.69. The Bertz CT molecular complexity index is 227. The van der Waals surface area contributed by atoms with E-state index in [1.165, 1.54) is 38.5 Å². The van der Waals surface area contributed by atoms with Crippen LogP contribution in [0.15, 0.2) is 0 Å². The molecule has 1 N–H and O–H groups in total. The van der Waals surface area contributed by atoms with E-state index in [-0.39, 0.29) is 5.60 Å². The lowest BCUT2D eigenvalue weighted by atomic mass is 9.89. The van der Waals surface area contributed by atoms with Crippen LogP contribution >= 0.6 is 0 Å². The predicted molar refractivity (Wildman–Crippen MR) is 73.9 cm³/mol. The van der Waals surface area contributed by atoms with E-state index < -0.39 is 0 Å². The second-order valence-electron chi connectivity index (χ2n) is 5.85. The summed E-state index contributed by atoms with van der Waals surface area (Å²) in [5.74, 6) is 0. The molecule has 0 aromatic heterocycles. The topological polar surface area (TPSA) is 30.5 Å². The first-order chi connectivity index (χ1) is 8.85. The molecule has 2 rings (SSSR count). The van der Waals surface area contributed by atoms with Gasteiger partial charge >= 0.3 is 0 Å². The van der Waals surface area contributed by atoms with Gasteiger partial charge in [0.2, 0.25) is 0 Å². The van der Waals surface area contributed by atoms with Crippen LogP contribution in [0.5, 0.6) is 0 Å². The molecule has 1 unspecified atom stereocenters. The maximum Gasteiger partial charge on any atom is 0.0697 e. The molecule has 0 radical (unpaired) electrons. The molecular weight excluding hydrogens is 226 g/mol. The maximum absolute atomic E-state index is 6.05. The van der Waals surface area contributed by atoms with Gasteiger partial charge in [-0.3, -0.25) is 0 Å². The van der Waals surface area contributed by atoms with E-state index in [0.717, 1.165) is 39.2 Å². The first kappa shape index (κ1) is 14.3. The van der Waals surface area contributed by atoms with E-state index in [2.05, 4.69) is 12.2 Å². The van der Waals surface area contributed by atoms with Crippen molar-refractivity contribution in [3.63, 3.8) is 0 Å². The summed E-state index contributed by atoms with van der Waals surface area (Å²) in [5.41, 5.74) is 0.245. The molecular formula is C15H29NO2. The molecule has 106 valence electrons. The van der Waals surface area contributed by atoms with Gasteiger partial charge in [0.1, 0.15) is 0 Å². The zero-order chi connectivity index (χ0) is 12.7. The third-order valence-corrected chi connectivity index (χ3v) is 4.25. The van der Waals surface area contributed by atoms with Crippen LogP contribution in [0.2, 0.25) is 0 Å². The minimum atomic E-state index is 0.245. The third kappa shape index (κ3) is 4.22. The van der Waals surface area contributed by atoms with Crippen molar-refractivity contribution in [1.29, 1.82) is 0 Å². The van der Waals surface area contributed by atoms with E-state index in [1.807, 2.05) is 0 Å². The van der Waals surface area contributed by atoms with E-state index in [9.17, 15) is 0 Å². The zero-order valence-electron chi connectivity index (χ0n) is 11.9. The first-order valence-electron chi connectivity index (χ1n) is 7.80. The second kappa shape index (κ2) is 7.46. The van der Waals surface area contributed by atoms with E-state index in [1.54, 1.807) is 0 Å². The van der Waals surface area contributed by atoms with Gasteiger partial charge in [0, 0.05) is 25.9 Å². The molecule has 0 aromatic carbocycles. The fourth-order valence-electron chi connectivity index (χ4n) is 3.30. The first-order valence-corrected chi connectivity index (χ1v) is 7.80. The lowest BCUT2D eigenvalue weighted by molar-refractivity contribution is -0.0836. The van der Waals surface area contributed by atoms with Gasteiger partial charge in [0.25, 0.3) is 0 Å². The molecule has 18 heavy (non-hydrogen) atoms. The minimum Gasteiger partial charge on any atom is -0.381 e. The second-order valence-corrected chi connectivity index (χ2v) is 5.85. The molecule has 1 saturated heterocycles. The van der Waals surface area contributed by atoms with Gasteiger partial charge in [-0.25, -0.2) is 0 Å². The summed E-state index contributed by atoms with van der Waals surface area (Å²) in [6, 6.07) is 0.669. The Balaban J connectivity index is 1.58. The maximum atomic E-state index is 6.05. The number of hydrogen-bond donors (Lipinski definition) is 1. The third-order valence-electron chi connectivity index (χ3n) is 4.25. The SMILES string of the molecule is CCCOCCCNC1CCOC2(CCCC2)C1. The summed E-state index contributed by atoms with van der Waals surface area (Å²) in [6.07, 6.45) is 9.94. The Morgan fingerprint density at radius 2 is 2.11 bits per heavy atom. The van der Waals surface area contributed by atoms with Gasteiger partial charge in [-0.1, -0.05) is 19.8 Å². The van der Waals surface area contributed by atoms with Crippen molar-refractivity contribution < 1.29 is 9.47 Å². The van der Waals surface area contributed by atoms with Crippen LogP contribution in [0.25, 0.3) is 0 Å². The van der Waals surface area contributed by atoms with Crippen molar-refractivity contribution in [2.24, 2.45) is 0 Å². The molecule has 1 aliphatic heterocycles. The van der Waals surface area contributed by atoms with Gasteiger partial charge < -0.3 is 14.8 Å². The van der Waals surface area contributed by atoms with Crippen molar-refractivity contribution in [1.82, 2.24) is 5.32 Å². The van der Waals surface area contributed by atoms with Crippen molar-refractivity contribution in [3.8, 4) is 0 Å². The lowest BCUT2D eigenvalue weighted by Crippen LogP contribution is -2.45. The highest BCUT2D eigenvalue weighted by Crippen LogP contribution is 2.39. The highest BCUT2D eigenvalue weighted by molar-refractivity contribution is 4.93. The Kier molecular flexibility index (Phi) is 5.93. The molecule has 0 bridgehead atoms. The molecule has 1 saturated carbocycles. The van der Waals surface area contributed by atoms with Crippen LogP contribution in [-0.4, -0.2) is 38.0 Å². The molecule has 1 spiro atoms. The van der Waals surface area contributed by atoms with E-state index in [0.29, 0.717) is 6.04 Å². The molecule has 0 amide bonds. The van der Waals surface area contributed by atoms with Crippen molar-refractivity contribution in [2.75, 3.05) is 26.4 Å². The summed E-state index contributed by atoms with van der Waals surface area (Å²) in [6.45, 7) is 5.99. The van der Waals surface area contributed by atoms with Crippen LogP contribution in [0.4, 0.5) is 0 Å². The van der Waals surface area contributed by atoms with Crippen molar-refractivity contribution >= 4 is 0 Å². The van der Waals surface area contributed by atoms with Crippen molar-refractivity contribution in [3.05, 3.63) is 0 Å². The fourth-order valence-corrected chi connectivity index (χ4v) is 3.30. The number of nitrogens with one attached hydrogen (secondary N) is 1. The van der Waals surface area contributed by atoms with E-state index in [4.69, 9.17) is 9.47 Å². The van der Waals surface area contributed by atoms with Gasteiger partial charge in [0.15, 0.2) is 0 Å². The van der Waals surface area contributed by atoms with Gasteiger partial charge in [-0.15, -0.1) is 0 Å². The molecule has 2 fully saturated rings. The zero-order valence-corrected chi connectivity index (χ0v) is 11.9. The number of ether oxygens (including phenoxy) is 2. The summed E-state index contributed by atoms with van der Waals surface area (Å²) in [4.78, 5) is 0. The number of hydrogen-bond acceptors (Lipinski definition) is 3. The van der Waals surface area contributed by atoms with Crippen LogP contribution in [0.1, 0.15) is 58.3 Å². The number of rotatable bonds is 7. The Labute approximate surface area is 112 Å². The Morgan fingerprint density at radius 1 is 1.28 bits per heavy atom. The predicted octanol–water partition coefficient (Wildman–Crippen LogP) is 2.88. The minimum absolute atomic E-state index is 0.245. The van der Waals surface area contributed by atoms with E-state index >= 15 is 0 Å². The average molecular weight is 255 g/mol. The normalized spacial score (nSPS) is 26.8. The summed E-state index contributed by atoms with van der Waals surface area (Å²) in [7, 11) is 0. The molecule has 1 aliphatic carbocycles. The largest absolute Gasteiger partial charge is 0.381 e. The van der Waals surface area contributed by atoms with Gasteiger partial charge in [-0.05, 0) is 45.1 Å².